The summed E-state index contributed by atoms with van der Waals surface area (Å²) in [5.41, 5.74) is 2.10. The molecule has 6 heteroatoms. The van der Waals surface area contributed by atoms with E-state index in [1.165, 1.54) is 104 Å². The molecule has 0 aromatic carbocycles. The van der Waals surface area contributed by atoms with Crippen LogP contribution in [0.25, 0.3) is 0 Å². The molecule has 0 atom stereocenters. The SMILES string of the molecule is CC(C)(C)C1CCNCC1.CC(C)(C)N1CCC1.CC(C)(C)N1CCCC1.CC(C)(C)N1CCCCC1.CC(C)(C)N1CCOCC1. The van der Waals surface area contributed by atoms with Gasteiger partial charge in [-0.05, 0) is 192 Å². The summed E-state index contributed by atoms with van der Waals surface area (Å²) in [4.78, 5) is 10.1. The Morgan fingerprint density at radius 2 is 0.702 bits per heavy atom. The summed E-state index contributed by atoms with van der Waals surface area (Å²) in [7, 11) is 0. The Bertz CT molecular complexity index is 701. The molecular formula is C41H87N5O. The first kappa shape index (κ1) is 44.8. The fraction of sp³-hybridized carbons (Fsp3) is 1.00. The Morgan fingerprint density at radius 1 is 0.404 bits per heavy atom. The number of rotatable bonds is 0. The van der Waals surface area contributed by atoms with E-state index in [1.54, 1.807) is 0 Å². The van der Waals surface area contributed by atoms with E-state index in [0.717, 1.165) is 32.2 Å². The molecule has 47 heavy (non-hydrogen) atoms. The van der Waals surface area contributed by atoms with Crippen molar-refractivity contribution in [2.45, 2.75) is 177 Å². The zero-order valence-electron chi connectivity index (χ0n) is 34.9. The van der Waals surface area contributed by atoms with Crippen molar-refractivity contribution < 1.29 is 4.74 Å². The van der Waals surface area contributed by atoms with Crippen LogP contribution in [0.2, 0.25) is 0 Å². The Hall–Kier alpha value is -0.240. The normalized spacial score (nSPS) is 23.0. The monoisotopic (exact) mass is 666 g/mol. The van der Waals surface area contributed by atoms with Crippen molar-refractivity contribution in [1.82, 2.24) is 24.9 Å². The molecule has 5 heterocycles. The van der Waals surface area contributed by atoms with Gasteiger partial charge in [0.2, 0.25) is 0 Å². The molecule has 0 unspecified atom stereocenters. The maximum atomic E-state index is 5.25. The lowest BCUT2D eigenvalue weighted by Gasteiger charge is -2.42. The molecule has 5 rings (SSSR count). The zero-order valence-corrected chi connectivity index (χ0v) is 34.9. The van der Waals surface area contributed by atoms with Gasteiger partial charge in [-0.15, -0.1) is 0 Å². The third-order valence-electron chi connectivity index (χ3n) is 10.7. The Morgan fingerprint density at radius 3 is 0.915 bits per heavy atom. The van der Waals surface area contributed by atoms with E-state index in [4.69, 9.17) is 4.74 Å². The lowest BCUT2D eigenvalue weighted by molar-refractivity contribution is -0.00389. The minimum atomic E-state index is 0.323. The quantitative estimate of drug-likeness (QED) is 0.279. The third-order valence-corrected chi connectivity index (χ3v) is 10.7. The fourth-order valence-corrected chi connectivity index (χ4v) is 6.86. The van der Waals surface area contributed by atoms with Crippen LogP contribution in [0.1, 0.15) is 155 Å². The smallest absolute Gasteiger partial charge is 0.0594 e. The molecule has 0 radical (unpaired) electrons. The molecular weight excluding hydrogens is 578 g/mol. The number of nitrogens with one attached hydrogen (secondary N) is 1. The van der Waals surface area contributed by atoms with Crippen LogP contribution in [0.4, 0.5) is 0 Å². The number of morpholine rings is 1. The molecule has 0 aromatic rings. The molecule has 6 nitrogen and oxygen atoms in total. The van der Waals surface area contributed by atoms with E-state index in [1.807, 2.05) is 0 Å². The van der Waals surface area contributed by atoms with Gasteiger partial charge in [-0.25, -0.2) is 0 Å². The number of piperidine rings is 2. The number of hydrogen-bond acceptors (Lipinski definition) is 6. The molecule has 5 aliphatic rings. The Labute approximate surface area is 296 Å². The average molecular weight is 666 g/mol. The highest BCUT2D eigenvalue weighted by atomic mass is 16.5. The third kappa shape index (κ3) is 19.7. The Balaban J connectivity index is 0.000000294. The number of hydrogen-bond donors (Lipinski definition) is 1. The maximum Gasteiger partial charge on any atom is 0.0594 e. The zero-order chi connectivity index (χ0) is 35.9. The molecule has 0 bridgehead atoms. The van der Waals surface area contributed by atoms with E-state index in [9.17, 15) is 0 Å². The topological polar surface area (TPSA) is 34.2 Å². The first-order valence-corrected chi connectivity index (χ1v) is 19.8. The van der Waals surface area contributed by atoms with Crippen molar-refractivity contribution in [3.8, 4) is 0 Å². The maximum absolute atomic E-state index is 5.25. The predicted molar refractivity (Wildman–Crippen MR) is 209 cm³/mol. The molecule has 1 N–H and O–H groups in total. The van der Waals surface area contributed by atoms with E-state index in [0.29, 0.717) is 27.6 Å². The van der Waals surface area contributed by atoms with Gasteiger partial charge in [0.05, 0.1) is 13.2 Å². The summed E-state index contributed by atoms with van der Waals surface area (Å²) < 4.78 is 5.25. The molecule has 0 spiro atoms. The summed E-state index contributed by atoms with van der Waals surface area (Å²) in [5, 5.41) is 3.39. The highest BCUT2D eigenvalue weighted by Crippen LogP contribution is 2.32. The van der Waals surface area contributed by atoms with Crippen molar-refractivity contribution in [1.29, 1.82) is 0 Å². The number of nitrogens with zero attached hydrogens (tertiary/aromatic N) is 4. The second-order valence-electron chi connectivity index (χ2n) is 19.8. The van der Waals surface area contributed by atoms with Crippen molar-refractivity contribution in [2.75, 3.05) is 78.7 Å². The first-order valence-electron chi connectivity index (χ1n) is 19.8. The molecule has 5 fully saturated rings. The summed E-state index contributed by atoms with van der Waals surface area (Å²) in [6.07, 6.45) is 11.2. The second kappa shape index (κ2) is 20.6. The predicted octanol–water partition coefficient (Wildman–Crippen LogP) is 8.79. The average Bonchev–Trinajstić information content (AvgIpc) is 3.49. The van der Waals surface area contributed by atoms with Gasteiger partial charge < -0.3 is 10.1 Å². The van der Waals surface area contributed by atoms with Crippen LogP contribution in [0.3, 0.4) is 0 Å². The van der Waals surface area contributed by atoms with Gasteiger partial charge in [0.15, 0.2) is 0 Å². The van der Waals surface area contributed by atoms with E-state index >= 15 is 0 Å². The minimum absolute atomic E-state index is 0.323. The molecule has 0 aromatic heterocycles. The van der Waals surface area contributed by atoms with Crippen molar-refractivity contribution in [3.05, 3.63) is 0 Å². The lowest BCUT2D eigenvalue weighted by Crippen LogP contribution is -2.49. The summed E-state index contributed by atoms with van der Waals surface area (Å²) >= 11 is 0. The molecule has 0 amide bonds. The van der Waals surface area contributed by atoms with Crippen LogP contribution >= 0.6 is 0 Å². The summed E-state index contributed by atoms with van der Waals surface area (Å²) in [6.45, 7) is 48.7. The standard InChI is InChI=1S/2C9H19N.C8H17NO.C8H17N.C7H15N/c1-9(2,3)8-4-6-10-7-5-8;1-9(2,3)10-7-5-4-6-8-10;1-8(2,3)9-4-6-10-7-5-9;1-8(2,3)9-6-4-5-7-9;1-7(2,3)8-5-4-6-8/h8,10H,4-7H2,1-3H3;4-8H2,1-3H3;4-7H2,1-3H3;4-7H2,1-3H3;4-6H2,1-3H3. The summed E-state index contributed by atoms with van der Waals surface area (Å²) in [5.74, 6) is 0.939. The van der Waals surface area contributed by atoms with Crippen LogP contribution in [-0.4, -0.2) is 120 Å². The lowest BCUT2D eigenvalue weighted by atomic mass is 9.76. The van der Waals surface area contributed by atoms with E-state index in [2.05, 4.69) is 129 Å². The van der Waals surface area contributed by atoms with Gasteiger partial charge in [0.25, 0.3) is 0 Å². The fourth-order valence-electron chi connectivity index (χ4n) is 6.86. The van der Waals surface area contributed by atoms with Gasteiger partial charge in [0.1, 0.15) is 0 Å². The second-order valence-corrected chi connectivity index (χ2v) is 19.8. The molecule has 5 aliphatic heterocycles. The van der Waals surface area contributed by atoms with Crippen molar-refractivity contribution in [3.63, 3.8) is 0 Å². The first-order chi connectivity index (χ1) is 21.5. The summed E-state index contributed by atoms with van der Waals surface area (Å²) in [6, 6.07) is 0. The number of likely N-dealkylation sites (tertiary alicyclic amines) is 3. The molecule has 5 saturated heterocycles. The highest BCUT2D eigenvalue weighted by Gasteiger charge is 2.27. The van der Waals surface area contributed by atoms with Crippen molar-refractivity contribution >= 4 is 0 Å². The molecule has 0 saturated carbocycles. The van der Waals surface area contributed by atoms with Crippen LogP contribution < -0.4 is 5.32 Å². The van der Waals surface area contributed by atoms with Gasteiger partial charge in [-0.2, -0.15) is 0 Å². The number of ether oxygens (including phenoxy) is 1. The Kier molecular flexibility index (Phi) is 19.6. The van der Waals surface area contributed by atoms with Gasteiger partial charge in [0, 0.05) is 35.2 Å². The largest absolute Gasteiger partial charge is 0.379 e. The van der Waals surface area contributed by atoms with Crippen LogP contribution in [0.15, 0.2) is 0 Å². The van der Waals surface area contributed by atoms with E-state index < -0.39 is 0 Å². The van der Waals surface area contributed by atoms with Crippen LogP contribution in [0, 0.1) is 11.3 Å². The molecule has 0 aliphatic carbocycles. The molecule has 282 valence electrons. The van der Waals surface area contributed by atoms with Gasteiger partial charge in [-0.1, -0.05) is 27.2 Å². The minimum Gasteiger partial charge on any atom is -0.379 e. The van der Waals surface area contributed by atoms with E-state index in [-0.39, 0.29) is 0 Å². The van der Waals surface area contributed by atoms with Crippen LogP contribution in [-0.2, 0) is 4.74 Å². The van der Waals surface area contributed by atoms with Crippen molar-refractivity contribution in [2.24, 2.45) is 11.3 Å². The van der Waals surface area contributed by atoms with Gasteiger partial charge in [-0.3, -0.25) is 19.6 Å². The van der Waals surface area contributed by atoms with Gasteiger partial charge >= 0.3 is 0 Å². The highest BCUT2D eigenvalue weighted by molar-refractivity contribution is 4.83. The van der Waals surface area contributed by atoms with Crippen LogP contribution in [0.5, 0.6) is 0 Å².